The van der Waals surface area contributed by atoms with E-state index in [0.29, 0.717) is 22.6 Å². The summed E-state index contributed by atoms with van der Waals surface area (Å²) < 4.78 is 1.54. The van der Waals surface area contributed by atoms with Gasteiger partial charge in [-0.3, -0.25) is 14.6 Å². The Bertz CT molecular complexity index is 1160. The van der Waals surface area contributed by atoms with Gasteiger partial charge in [-0.05, 0) is 36.4 Å². The minimum atomic E-state index is -0.298. The molecule has 0 aliphatic rings. The van der Waals surface area contributed by atoms with Crippen molar-refractivity contribution < 1.29 is 9.59 Å². The van der Waals surface area contributed by atoms with E-state index in [0.717, 1.165) is 5.56 Å². The molecule has 3 aromatic heterocycles. The summed E-state index contributed by atoms with van der Waals surface area (Å²) in [4.78, 5) is 37.1. The van der Waals surface area contributed by atoms with Gasteiger partial charge in [-0.25, -0.2) is 14.6 Å². The third kappa shape index (κ3) is 4.36. The third-order valence-corrected chi connectivity index (χ3v) is 4.25. The Morgan fingerprint density at radius 3 is 2.60 bits per heavy atom. The highest BCUT2D eigenvalue weighted by molar-refractivity contribution is 6.04. The molecule has 0 saturated carbocycles. The van der Waals surface area contributed by atoms with Gasteiger partial charge in [-0.15, -0.1) is 0 Å². The van der Waals surface area contributed by atoms with Crippen LogP contribution in [-0.4, -0.2) is 36.5 Å². The smallest absolute Gasteiger partial charge is 0.257 e. The molecule has 4 aromatic rings. The lowest BCUT2D eigenvalue weighted by molar-refractivity contribution is 0.0949. The van der Waals surface area contributed by atoms with Gasteiger partial charge < -0.3 is 10.6 Å². The van der Waals surface area contributed by atoms with Crippen molar-refractivity contribution in [3.63, 3.8) is 0 Å². The van der Waals surface area contributed by atoms with E-state index >= 15 is 0 Å². The number of rotatable bonds is 6. The SMILES string of the molecule is O=C(NCc1cccnc1-n1cncn1)c1cccc(NC(=O)c2cccnc2)c1. The largest absolute Gasteiger partial charge is 0.348 e. The van der Waals surface area contributed by atoms with Crippen LogP contribution in [0.25, 0.3) is 5.82 Å². The number of nitrogens with zero attached hydrogens (tertiary/aromatic N) is 5. The molecular weight excluding hydrogens is 382 g/mol. The highest BCUT2D eigenvalue weighted by Crippen LogP contribution is 2.14. The van der Waals surface area contributed by atoms with Crippen molar-refractivity contribution in [2.75, 3.05) is 5.32 Å². The van der Waals surface area contributed by atoms with Crippen molar-refractivity contribution in [2.45, 2.75) is 6.54 Å². The summed E-state index contributed by atoms with van der Waals surface area (Å²) in [6.45, 7) is 0.258. The van der Waals surface area contributed by atoms with E-state index in [4.69, 9.17) is 0 Å². The molecule has 9 nitrogen and oxygen atoms in total. The van der Waals surface area contributed by atoms with Crippen molar-refractivity contribution in [3.05, 3.63) is 96.5 Å². The maximum Gasteiger partial charge on any atom is 0.257 e. The Morgan fingerprint density at radius 1 is 0.933 bits per heavy atom. The fourth-order valence-electron chi connectivity index (χ4n) is 2.81. The molecule has 0 radical (unpaired) electrons. The van der Waals surface area contributed by atoms with Crippen LogP contribution in [0.2, 0.25) is 0 Å². The summed E-state index contributed by atoms with van der Waals surface area (Å²) in [5.74, 6) is 0.0159. The molecule has 0 unspecified atom stereocenters. The second kappa shape index (κ2) is 8.74. The fraction of sp³-hybridized carbons (Fsp3) is 0.0476. The molecule has 0 saturated heterocycles. The van der Waals surface area contributed by atoms with Crippen molar-refractivity contribution in [1.82, 2.24) is 30.0 Å². The van der Waals surface area contributed by atoms with Gasteiger partial charge in [0.2, 0.25) is 0 Å². The summed E-state index contributed by atoms with van der Waals surface area (Å²) in [7, 11) is 0. The highest BCUT2D eigenvalue weighted by Gasteiger charge is 2.11. The lowest BCUT2D eigenvalue weighted by Crippen LogP contribution is -2.24. The van der Waals surface area contributed by atoms with Gasteiger partial charge in [-0.1, -0.05) is 12.1 Å². The van der Waals surface area contributed by atoms with Crippen LogP contribution < -0.4 is 10.6 Å². The van der Waals surface area contributed by atoms with Crippen molar-refractivity contribution in [2.24, 2.45) is 0 Å². The summed E-state index contributed by atoms with van der Waals surface area (Å²) >= 11 is 0. The molecule has 9 heteroatoms. The molecule has 0 fully saturated rings. The quantitative estimate of drug-likeness (QED) is 0.514. The van der Waals surface area contributed by atoms with Crippen LogP contribution in [0.1, 0.15) is 26.3 Å². The molecule has 3 heterocycles. The van der Waals surface area contributed by atoms with E-state index < -0.39 is 0 Å². The van der Waals surface area contributed by atoms with Gasteiger partial charge in [-0.2, -0.15) is 5.10 Å². The molecule has 0 atom stereocenters. The lowest BCUT2D eigenvalue weighted by atomic mass is 10.1. The molecule has 2 amide bonds. The molecule has 0 aliphatic carbocycles. The van der Waals surface area contributed by atoms with Crippen molar-refractivity contribution in [1.29, 1.82) is 0 Å². The number of hydrogen-bond acceptors (Lipinski definition) is 6. The number of carbonyl (C=O) groups is 2. The van der Waals surface area contributed by atoms with Gasteiger partial charge in [0.15, 0.2) is 5.82 Å². The van der Waals surface area contributed by atoms with Crippen LogP contribution in [-0.2, 0) is 6.54 Å². The maximum atomic E-state index is 12.6. The van der Waals surface area contributed by atoms with Crippen LogP contribution in [0.3, 0.4) is 0 Å². The Morgan fingerprint density at radius 2 is 1.80 bits per heavy atom. The van der Waals surface area contributed by atoms with Crippen LogP contribution in [0.5, 0.6) is 0 Å². The van der Waals surface area contributed by atoms with Gasteiger partial charge in [0.1, 0.15) is 12.7 Å². The Balaban J connectivity index is 1.44. The predicted molar refractivity (Wildman–Crippen MR) is 109 cm³/mol. The number of nitrogens with one attached hydrogen (secondary N) is 2. The van der Waals surface area contributed by atoms with E-state index in [9.17, 15) is 9.59 Å². The second-order valence-electron chi connectivity index (χ2n) is 6.29. The predicted octanol–water partition coefficient (Wildman–Crippen LogP) is 2.24. The summed E-state index contributed by atoms with van der Waals surface area (Å²) in [5, 5.41) is 9.72. The van der Waals surface area contributed by atoms with Crippen molar-refractivity contribution in [3.8, 4) is 5.82 Å². The monoisotopic (exact) mass is 399 g/mol. The van der Waals surface area contributed by atoms with Gasteiger partial charge in [0.25, 0.3) is 11.8 Å². The molecular formula is C21H17N7O2. The average molecular weight is 399 g/mol. The standard InChI is InChI=1S/C21H17N7O2/c29-20(25-12-16-5-3-9-24-19(16)28-14-23-13-26-28)15-4-1-7-18(10-15)27-21(30)17-6-2-8-22-11-17/h1-11,13-14H,12H2,(H,25,29)(H,27,30). The Labute approximate surface area is 171 Å². The molecule has 148 valence electrons. The normalized spacial score (nSPS) is 10.4. The molecule has 0 aliphatic heterocycles. The third-order valence-electron chi connectivity index (χ3n) is 4.25. The number of carbonyl (C=O) groups excluding carboxylic acids is 2. The van der Waals surface area contributed by atoms with E-state index in [-0.39, 0.29) is 18.4 Å². The topological polar surface area (TPSA) is 115 Å². The lowest BCUT2D eigenvalue weighted by Gasteiger charge is -2.10. The molecule has 2 N–H and O–H groups in total. The molecule has 0 bridgehead atoms. The first-order valence-corrected chi connectivity index (χ1v) is 9.09. The first-order chi connectivity index (χ1) is 14.7. The molecule has 30 heavy (non-hydrogen) atoms. The van der Waals surface area contributed by atoms with Crippen LogP contribution in [0, 0.1) is 0 Å². The van der Waals surface area contributed by atoms with E-state index in [1.807, 2.05) is 6.07 Å². The Kier molecular flexibility index (Phi) is 5.52. The number of hydrogen-bond donors (Lipinski definition) is 2. The van der Waals surface area contributed by atoms with Crippen LogP contribution in [0.4, 0.5) is 5.69 Å². The van der Waals surface area contributed by atoms with Gasteiger partial charge >= 0.3 is 0 Å². The van der Waals surface area contributed by atoms with Crippen molar-refractivity contribution >= 4 is 17.5 Å². The zero-order valence-electron chi connectivity index (χ0n) is 15.8. The molecule has 4 rings (SSSR count). The summed E-state index contributed by atoms with van der Waals surface area (Å²) in [6, 6.07) is 13.7. The summed E-state index contributed by atoms with van der Waals surface area (Å²) in [6.07, 6.45) is 7.69. The minimum Gasteiger partial charge on any atom is -0.348 e. The zero-order chi connectivity index (χ0) is 20.8. The maximum absolute atomic E-state index is 12.6. The summed E-state index contributed by atoms with van der Waals surface area (Å²) in [5.41, 5.74) is 2.16. The first-order valence-electron chi connectivity index (χ1n) is 9.09. The second-order valence-corrected chi connectivity index (χ2v) is 6.29. The number of benzene rings is 1. The van der Waals surface area contributed by atoms with Crippen LogP contribution >= 0.6 is 0 Å². The zero-order valence-corrected chi connectivity index (χ0v) is 15.8. The first kappa shape index (κ1) is 18.9. The molecule has 0 spiro atoms. The minimum absolute atomic E-state index is 0.258. The Hall–Kier alpha value is -4.40. The van der Waals surface area contributed by atoms with E-state index in [2.05, 4.69) is 30.7 Å². The van der Waals surface area contributed by atoms with E-state index in [1.165, 1.54) is 17.2 Å². The number of pyridine rings is 2. The molecule has 1 aromatic carbocycles. The fourth-order valence-corrected chi connectivity index (χ4v) is 2.81. The van der Waals surface area contributed by atoms with Gasteiger partial charge in [0, 0.05) is 41.9 Å². The average Bonchev–Trinajstić information content (AvgIpc) is 3.33. The number of aromatic nitrogens is 5. The number of anilines is 1. The number of amides is 2. The van der Waals surface area contributed by atoms with E-state index in [1.54, 1.807) is 61.2 Å². The van der Waals surface area contributed by atoms with Gasteiger partial charge in [0.05, 0.1) is 5.56 Å². The highest BCUT2D eigenvalue weighted by atomic mass is 16.2. The van der Waals surface area contributed by atoms with Crippen LogP contribution in [0.15, 0.2) is 79.8 Å².